The number of hydrogen-bond donors (Lipinski definition) is 1. The van der Waals surface area contributed by atoms with E-state index >= 15 is 0 Å². The third-order valence-corrected chi connectivity index (χ3v) is 3.78. The summed E-state index contributed by atoms with van der Waals surface area (Å²) in [7, 11) is 0. The Morgan fingerprint density at radius 3 is 3.00 bits per heavy atom. The van der Waals surface area contributed by atoms with Gasteiger partial charge in [-0.2, -0.15) is 0 Å². The van der Waals surface area contributed by atoms with Gasteiger partial charge in [0.15, 0.2) is 11.5 Å². The van der Waals surface area contributed by atoms with Crippen molar-refractivity contribution in [1.82, 2.24) is 4.98 Å². The molecular weight excluding hydrogens is 256 g/mol. The molecule has 5 nitrogen and oxygen atoms in total. The number of anilines is 1. The second-order valence-electron chi connectivity index (χ2n) is 5.10. The summed E-state index contributed by atoms with van der Waals surface area (Å²) in [6, 6.07) is 5.90. The number of aromatic nitrogens is 1. The highest BCUT2D eigenvalue weighted by molar-refractivity contribution is 5.93. The summed E-state index contributed by atoms with van der Waals surface area (Å²) in [6.07, 6.45) is 4.40. The number of ether oxygens (including phenoxy) is 3. The van der Waals surface area contributed by atoms with E-state index in [1.54, 1.807) is 0 Å². The summed E-state index contributed by atoms with van der Waals surface area (Å²) in [5.74, 6) is 1.55. The van der Waals surface area contributed by atoms with Gasteiger partial charge in [0.1, 0.15) is 0 Å². The highest BCUT2D eigenvalue weighted by Gasteiger charge is 2.18. The average Bonchev–Trinajstić information content (AvgIpc) is 3.13. The summed E-state index contributed by atoms with van der Waals surface area (Å²) in [4.78, 5) is 4.39. The molecule has 4 rings (SSSR count). The van der Waals surface area contributed by atoms with Crippen LogP contribution >= 0.6 is 0 Å². The molecule has 0 spiro atoms. The number of rotatable bonds is 3. The molecule has 1 aromatic carbocycles. The lowest BCUT2D eigenvalue weighted by atomic mass is 10.1. The van der Waals surface area contributed by atoms with Crippen molar-refractivity contribution in [3.63, 3.8) is 0 Å². The van der Waals surface area contributed by atoms with E-state index in [9.17, 15) is 0 Å². The smallest absolute Gasteiger partial charge is 0.231 e. The number of fused-ring (bicyclic) bond motifs is 2. The first-order chi connectivity index (χ1) is 9.90. The van der Waals surface area contributed by atoms with Crippen molar-refractivity contribution in [2.45, 2.75) is 18.9 Å². The summed E-state index contributed by atoms with van der Waals surface area (Å²) in [5, 5.41) is 4.51. The first-order valence-electron chi connectivity index (χ1n) is 6.94. The molecule has 2 aliphatic rings. The summed E-state index contributed by atoms with van der Waals surface area (Å²) < 4.78 is 16.5. The Morgan fingerprint density at radius 2 is 2.15 bits per heavy atom. The van der Waals surface area contributed by atoms with Crippen LogP contribution in [0.1, 0.15) is 12.8 Å². The largest absolute Gasteiger partial charge is 0.454 e. The molecule has 0 aliphatic carbocycles. The van der Waals surface area contributed by atoms with Crippen LogP contribution < -0.4 is 14.8 Å². The molecule has 0 amide bonds. The van der Waals surface area contributed by atoms with E-state index in [1.165, 1.54) is 0 Å². The lowest BCUT2D eigenvalue weighted by molar-refractivity contribution is 0.120. The molecule has 1 fully saturated rings. The zero-order valence-corrected chi connectivity index (χ0v) is 11.1. The van der Waals surface area contributed by atoms with Crippen molar-refractivity contribution in [3.8, 4) is 11.5 Å². The Bertz CT molecular complexity index is 638. The van der Waals surface area contributed by atoms with Crippen molar-refractivity contribution in [3.05, 3.63) is 24.4 Å². The van der Waals surface area contributed by atoms with Gasteiger partial charge in [0.25, 0.3) is 0 Å². The van der Waals surface area contributed by atoms with Gasteiger partial charge in [-0.05, 0) is 25.0 Å². The van der Waals surface area contributed by atoms with Crippen molar-refractivity contribution in [2.75, 3.05) is 25.3 Å². The molecule has 0 radical (unpaired) electrons. The molecule has 2 aliphatic heterocycles. The van der Waals surface area contributed by atoms with Crippen molar-refractivity contribution in [2.24, 2.45) is 0 Å². The van der Waals surface area contributed by atoms with E-state index in [1.807, 2.05) is 24.4 Å². The zero-order valence-electron chi connectivity index (χ0n) is 11.1. The summed E-state index contributed by atoms with van der Waals surface area (Å²) >= 11 is 0. The average molecular weight is 272 g/mol. The van der Waals surface area contributed by atoms with E-state index < -0.39 is 0 Å². The molecule has 1 N–H and O–H groups in total. The third kappa shape index (κ3) is 2.04. The van der Waals surface area contributed by atoms with E-state index in [2.05, 4.69) is 10.3 Å². The maximum Gasteiger partial charge on any atom is 0.231 e. The van der Waals surface area contributed by atoms with Crippen molar-refractivity contribution < 1.29 is 14.2 Å². The van der Waals surface area contributed by atoms with Crippen LogP contribution in [0.4, 0.5) is 5.69 Å². The fourth-order valence-electron chi connectivity index (χ4n) is 2.72. The first kappa shape index (κ1) is 11.8. The quantitative estimate of drug-likeness (QED) is 0.930. The van der Waals surface area contributed by atoms with E-state index in [-0.39, 0.29) is 6.79 Å². The SMILES string of the molecule is c1cc(NC[C@@H]2CCCO2)c2cc3c(cc2n1)OCO3. The van der Waals surface area contributed by atoms with Gasteiger partial charge in [-0.1, -0.05) is 0 Å². The fourth-order valence-corrected chi connectivity index (χ4v) is 2.72. The predicted octanol–water partition coefficient (Wildman–Crippen LogP) is 2.55. The monoisotopic (exact) mass is 272 g/mol. The van der Waals surface area contributed by atoms with Gasteiger partial charge in [-0.25, -0.2) is 0 Å². The molecule has 0 unspecified atom stereocenters. The fraction of sp³-hybridized carbons (Fsp3) is 0.400. The van der Waals surface area contributed by atoms with E-state index in [0.29, 0.717) is 6.10 Å². The lowest BCUT2D eigenvalue weighted by Gasteiger charge is -2.13. The molecule has 3 heterocycles. The van der Waals surface area contributed by atoms with Crippen LogP contribution in [0.25, 0.3) is 10.9 Å². The molecule has 1 aromatic heterocycles. The second-order valence-corrected chi connectivity index (χ2v) is 5.10. The molecule has 104 valence electrons. The Morgan fingerprint density at radius 1 is 1.25 bits per heavy atom. The highest BCUT2D eigenvalue weighted by Crippen LogP contribution is 2.37. The number of pyridine rings is 1. The van der Waals surface area contributed by atoms with Gasteiger partial charge in [-0.15, -0.1) is 0 Å². The van der Waals surface area contributed by atoms with Gasteiger partial charge in [-0.3, -0.25) is 4.98 Å². The molecular formula is C15H16N2O3. The molecule has 2 aromatic rings. The standard InChI is InChI=1S/C15H16N2O3/c1-2-10(18-5-1)8-17-12-3-4-16-13-7-15-14(6-11(12)13)19-9-20-15/h3-4,6-7,10H,1-2,5,8-9H2,(H,16,17)/t10-/m0/s1. The number of hydrogen-bond acceptors (Lipinski definition) is 5. The van der Waals surface area contributed by atoms with Gasteiger partial charge in [0.05, 0.1) is 11.6 Å². The molecule has 0 bridgehead atoms. The van der Waals surface area contributed by atoms with Crippen LogP contribution in [0.15, 0.2) is 24.4 Å². The zero-order chi connectivity index (χ0) is 13.4. The lowest BCUT2D eigenvalue weighted by Crippen LogP contribution is -2.18. The number of benzene rings is 1. The molecule has 20 heavy (non-hydrogen) atoms. The molecule has 1 atom stereocenters. The van der Waals surface area contributed by atoms with Crippen molar-refractivity contribution >= 4 is 16.6 Å². The van der Waals surface area contributed by atoms with Gasteiger partial charge < -0.3 is 19.5 Å². The Balaban J connectivity index is 1.64. The van der Waals surface area contributed by atoms with Crippen LogP contribution in [0, 0.1) is 0 Å². The normalized spacial score (nSPS) is 20.5. The molecule has 5 heteroatoms. The minimum atomic E-state index is 0.282. The van der Waals surface area contributed by atoms with Crippen LogP contribution in [-0.2, 0) is 4.74 Å². The maximum absolute atomic E-state index is 5.64. The molecule has 0 saturated carbocycles. The summed E-state index contributed by atoms with van der Waals surface area (Å²) in [6.45, 7) is 1.99. The van der Waals surface area contributed by atoms with E-state index in [4.69, 9.17) is 14.2 Å². The van der Waals surface area contributed by atoms with Gasteiger partial charge >= 0.3 is 0 Å². The topological polar surface area (TPSA) is 52.6 Å². The third-order valence-electron chi connectivity index (χ3n) is 3.78. The minimum absolute atomic E-state index is 0.282. The highest BCUT2D eigenvalue weighted by atomic mass is 16.7. The van der Waals surface area contributed by atoms with Crippen LogP contribution in [0.5, 0.6) is 11.5 Å². The Hall–Kier alpha value is -2.01. The Labute approximate surface area is 116 Å². The van der Waals surface area contributed by atoms with Crippen LogP contribution in [-0.4, -0.2) is 31.0 Å². The first-order valence-corrected chi connectivity index (χ1v) is 6.94. The maximum atomic E-state index is 5.64. The summed E-state index contributed by atoms with van der Waals surface area (Å²) in [5.41, 5.74) is 1.97. The predicted molar refractivity (Wildman–Crippen MR) is 75.3 cm³/mol. The second kappa shape index (κ2) is 4.83. The van der Waals surface area contributed by atoms with Crippen LogP contribution in [0.2, 0.25) is 0 Å². The number of nitrogens with one attached hydrogen (secondary N) is 1. The van der Waals surface area contributed by atoms with E-state index in [0.717, 1.165) is 54.1 Å². The molecule has 1 saturated heterocycles. The number of nitrogens with zero attached hydrogens (tertiary/aromatic N) is 1. The van der Waals surface area contributed by atoms with Crippen molar-refractivity contribution in [1.29, 1.82) is 0 Å². The minimum Gasteiger partial charge on any atom is -0.454 e. The Kier molecular flexibility index (Phi) is 2.85. The van der Waals surface area contributed by atoms with Crippen LogP contribution in [0.3, 0.4) is 0 Å². The van der Waals surface area contributed by atoms with Gasteiger partial charge in [0, 0.05) is 36.5 Å². The van der Waals surface area contributed by atoms with Gasteiger partial charge in [0.2, 0.25) is 6.79 Å².